The second-order valence-electron chi connectivity index (χ2n) is 13.7. The molecule has 5 rings (SSSR count). The van der Waals surface area contributed by atoms with Gasteiger partial charge in [0.1, 0.15) is 0 Å². The van der Waals surface area contributed by atoms with Crippen LogP contribution in [0, 0.1) is 57.2 Å². The molecule has 2 N–H and O–H groups in total. The van der Waals surface area contributed by atoms with Crippen molar-refractivity contribution in [1.29, 1.82) is 0 Å². The Morgan fingerprint density at radius 2 is 1.59 bits per heavy atom. The van der Waals surface area contributed by atoms with Crippen molar-refractivity contribution in [2.45, 2.75) is 105 Å². The molecule has 0 saturated heterocycles. The monoisotopic (exact) mass is 442 g/mol. The van der Waals surface area contributed by atoms with E-state index in [1.807, 2.05) is 0 Å². The normalized spacial score (nSPS) is 57.0. The summed E-state index contributed by atoms with van der Waals surface area (Å²) in [5, 5.41) is 21.1. The molecular weight excluding hydrogens is 396 g/mol. The minimum atomic E-state index is -0.536. The Labute approximate surface area is 195 Å². The Balaban J connectivity index is 1.56. The summed E-state index contributed by atoms with van der Waals surface area (Å²) in [6.07, 6.45) is 10.6. The Kier molecular flexibility index (Phi) is 5.08. The number of aliphatic carboxylic acids is 1. The van der Waals surface area contributed by atoms with E-state index in [0.717, 1.165) is 38.5 Å². The lowest BCUT2D eigenvalue weighted by Crippen LogP contribution is -2.66. The lowest BCUT2D eigenvalue weighted by atomic mass is 9.33. The number of carboxylic acids is 1. The summed E-state index contributed by atoms with van der Waals surface area (Å²) >= 11 is 0. The molecule has 180 valence electrons. The number of aliphatic hydroxyl groups excluding tert-OH is 1. The van der Waals surface area contributed by atoms with E-state index in [2.05, 4.69) is 41.2 Å². The van der Waals surface area contributed by atoms with Crippen LogP contribution >= 0.6 is 0 Å². The van der Waals surface area contributed by atoms with Crippen molar-refractivity contribution in [3.63, 3.8) is 0 Å². The van der Waals surface area contributed by atoms with Gasteiger partial charge in [0.25, 0.3) is 0 Å². The lowest BCUT2D eigenvalue weighted by molar-refractivity contribution is -0.236. The molecular formula is C29H46O3. The van der Waals surface area contributed by atoms with E-state index in [4.69, 9.17) is 0 Å². The molecule has 5 aliphatic rings. The largest absolute Gasteiger partial charge is 0.481 e. The van der Waals surface area contributed by atoms with Crippen molar-refractivity contribution >= 4 is 5.97 Å². The first kappa shape index (κ1) is 22.9. The van der Waals surface area contributed by atoms with Gasteiger partial charge in [0, 0.05) is 0 Å². The van der Waals surface area contributed by atoms with Crippen molar-refractivity contribution in [2.24, 2.45) is 57.2 Å². The fraction of sp³-hybridized carbons (Fsp3) is 0.897. The maximum atomic E-state index is 12.7. The fourth-order valence-electron chi connectivity index (χ4n) is 11.1. The van der Waals surface area contributed by atoms with Crippen LogP contribution in [0.5, 0.6) is 0 Å². The average molecular weight is 443 g/mol. The molecule has 0 aliphatic heterocycles. The van der Waals surface area contributed by atoms with Gasteiger partial charge in [-0.3, -0.25) is 4.79 Å². The minimum absolute atomic E-state index is 0.134. The Morgan fingerprint density at radius 1 is 0.875 bits per heavy atom. The van der Waals surface area contributed by atoms with Crippen molar-refractivity contribution in [1.82, 2.24) is 0 Å². The molecule has 0 heterocycles. The summed E-state index contributed by atoms with van der Waals surface area (Å²) < 4.78 is 0. The van der Waals surface area contributed by atoms with Crippen molar-refractivity contribution < 1.29 is 15.0 Å². The van der Waals surface area contributed by atoms with E-state index in [9.17, 15) is 15.0 Å². The van der Waals surface area contributed by atoms with Crippen molar-refractivity contribution in [3.8, 4) is 0 Å². The third-order valence-electron chi connectivity index (χ3n) is 13.1. The zero-order valence-corrected chi connectivity index (χ0v) is 21.1. The van der Waals surface area contributed by atoms with E-state index in [1.165, 1.54) is 31.3 Å². The SMILES string of the molecule is C=C(C)[C@@H]1CC[C@]2(C(=O)O)CC[C@]3(C)C(CCC4[C@@]5(C)CC[C@H](O)[C@H](C)C5CC[C@]43C)C12. The Morgan fingerprint density at radius 3 is 2.25 bits per heavy atom. The van der Waals surface area contributed by atoms with Crippen LogP contribution in [0.3, 0.4) is 0 Å². The number of aliphatic hydroxyl groups is 1. The maximum absolute atomic E-state index is 12.7. The lowest BCUT2D eigenvalue weighted by Gasteiger charge is -2.71. The van der Waals surface area contributed by atoms with Gasteiger partial charge in [0.2, 0.25) is 0 Å². The van der Waals surface area contributed by atoms with Crippen LogP contribution in [0.2, 0.25) is 0 Å². The summed E-state index contributed by atoms with van der Waals surface area (Å²) in [4.78, 5) is 12.7. The third kappa shape index (κ3) is 2.61. The molecule has 4 unspecified atom stereocenters. The summed E-state index contributed by atoms with van der Waals surface area (Å²) in [6, 6.07) is 0. The minimum Gasteiger partial charge on any atom is -0.481 e. The number of hydrogen-bond acceptors (Lipinski definition) is 2. The highest BCUT2D eigenvalue weighted by molar-refractivity contribution is 5.76. The van der Waals surface area contributed by atoms with Crippen LogP contribution in [0.15, 0.2) is 12.2 Å². The van der Waals surface area contributed by atoms with Gasteiger partial charge < -0.3 is 10.2 Å². The molecule has 0 aromatic heterocycles. The average Bonchev–Trinajstić information content (AvgIpc) is 3.13. The summed E-state index contributed by atoms with van der Waals surface area (Å²) in [5.74, 6) is 2.29. The van der Waals surface area contributed by atoms with Crippen LogP contribution in [0.4, 0.5) is 0 Å². The summed E-state index contributed by atoms with van der Waals surface area (Å²) in [7, 11) is 0. The van der Waals surface area contributed by atoms with Gasteiger partial charge in [-0.05, 0) is 123 Å². The van der Waals surface area contributed by atoms with Crippen LogP contribution in [-0.4, -0.2) is 22.3 Å². The van der Waals surface area contributed by atoms with Crippen LogP contribution in [0.25, 0.3) is 0 Å². The van der Waals surface area contributed by atoms with Crippen LogP contribution < -0.4 is 0 Å². The molecule has 0 spiro atoms. The van der Waals surface area contributed by atoms with E-state index in [0.29, 0.717) is 35.0 Å². The van der Waals surface area contributed by atoms with Gasteiger partial charge in [-0.25, -0.2) is 0 Å². The van der Waals surface area contributed by atoms with Gasteiger partial charge >= 0.3 is 5.97 Å². The number of carbonyl (C=O) groups is 1. The molecule has 5 saturated carbocycles. The van der Waals surface area contributed by atoms with Gasteiger partial charge in [-0.1, -0.05) is 39.8 Å². The highest BCUT2D eigenvalue weighted by Gasteiger charge is 2.71. The smallest absolute Gasteiger partial charge is 0.309 e. The second-order valence-corrected chi connectivity index (χ2v) is 13.7. The molecule has 5 fully saturated rings. The Hall–Kier alpha value is -0.830. The van der Waals surface area contributed by atoms with E-state index >= 15 is 0 Å². The highest BCUT2D eigenvalue weighted by Crippen LogP contribution is 2.76. The predicted molar refractivity (Wildman–Crippen MR) is 128 cm³/mol. The molecule has 0 aromatic carbocycles. The van der Waals surface area contributed by atoms with Crippen LogP contribution in [-0.2, 0) is 4.79 Å². The Bertz CT molecular complexity index is 819. The van der Waals surface area contributed by atoms with E-state index in [1.54, 1.807) is 0 Å². The second kappa shape index (κ2) is 7.09. The molecule has 3 nitrogen and oxygen atoms in total. The molecule has 3 heteroatoms. The van der Waals surface area contributed by atoms with E-state index in [-0.39, 0.29) is 22.9 Å². The number of allylic oxidation sites excluding steroid dienone is 1. The molecule has 32 heavy (non-hydrogen) atoms. The predicted octanol–water partition coefficient (Wildman–Crippen LogP) is 6.70. The fourth-order valence-corrected chi connectivity index (χ4v) is 11.1. The first-order chi connectivity index (χ1) is 14.9. The topological polar surface area (TPSA) is 57.5 Å². The number of fused-ring (bicyclic) bond motifs is 7. The molecule has 5 aliphatic carbocycles. The van der Waals surface area contributed by atoms with Gasteiger partial charge in [0.05, 0.1) is 11.5 Å². The zero-order valence-electron chi connectivity index (χ0n) is 21.1. The third-order valence-corrected chi connectivity index (χ3v) is 13.1. The first-order valence-corrected chi connectivity index (χ1v) is 13.5. The zero-order chi connectivity index (χ0) is 23.3. The quantitative estimate of drug-likeness (QED) is 0.468. The summed E-state index contributed by atoms with van der Waals surface area (Å²) in [6.45, 7) is 16.5. The van der Waals surface area contributed by atoms with Crippen molar-refractivity contribution in [3.05, 3.63) is 12.2 Å². The number of rotatable bonds is 2. The summed E-state index contributed by atoms with van der Waals surface area (Å²) in [5.41, 5.74) is 1.45. The molecule has 0 bridgehead atoms. The van der Waals surface area contributed by atoms with Crippen LogP contribution in [0.1, 0.15) is 98.8 Å². The maximum Gasteiger partial charge on any atom is 0.309 e. The van der Waals surface area contributed by atoms with Gasteiger partial charge in [-0.2, -0.15) is 0 Å². The molecule has 11 atom stereocenters. The highest BCUT2D eigenvalue weighted by atomic mass is 16.4. The molecule has 0 aromatic rings. The molecule has 0 amide bonds. The van der Waals surface area contributed by atoms with Gasteiger partial charge in [0.15, 0.2) is 0 Å². The van der Waals surface area contributed by atoms with Gasteiger partial charge in [-0.15, -0.1) is 0 Å². The first-order valence-electron chi connectivity index (χ1n) is 13.5. The van der Waals surface area contributed by atoms with E-state index < -0.39 is 11.4 Å². The number of hydrogen-bond donors (Lipinski definition) is 2. The van der Waals surface area contributed by atoms with Crippen molar-refractivity contribution in [2.75, 3.05) is 0 Å². The number of carboxylic acid groups (broad SMARTS) is 1. The molecule has 0 radical (unpaired) electrons. The standard InChI is InChI=1S/C29H46O3/c1-17(2)19-9-14-29(25(31)32)16-15-27(5)21(24(19)29)7-8-23-26(4)12-11-22(30)18(3)20(26)10-13-28(23,27)6/h18-24,30H,1,7-16H2,2-6H3,(H,31,32)/t18-,19+,20?,21?,22+,23?,24?,26+,27-,28-,29+/m1/s1.